The van der Waals surface area contributed by atoms with Gasteiger partial charge < -0.3 is 9.64 Å². The first-order valence-corrected chi connectivity index (χ1v) is 22.3. The van der Waals surface area contributed by atoms with Gasteiger partial charge in [0, 0.05) is 48.3 Å². The third-order valence-electron chi connectivity index (χ3n) is 12.6. The zero-order chi connectivity index (χ0) is 39.2. The highest BCUT2D eigenvalue weighted by Crippen LogP contribution is 2.64. The van der Waals surface area contributed by atoms with Crippen molar-refractivity contribution in [3.63, 3.8) is 0 Å². The summed E-state index contributed by atoms with van der Waals surface area (Å²) >= 11 is 1.44. The van der Waals surface area contributed by atoms with Gasteiger partial charge in [0.2, 0.25) is 0 Å². The van der Waals surface area contributed by atoms with E-state index in [9.17, 15) is 18.0 Å². The van der Waals surface area contributed by atoms with Crippen LogP contribution >= 0.6 is 11.3 Å². The van der Waals surface area contributed by atoms with Crippen molar-refractivity contribution in [2.75, 3.05) is 23.0 Å². The molecule has 0 spiro atoms. The predicted molar refractivity (Wildman–Crippen MR) is 219 cm³/mol. The van der Waals surface area contributed by atoms with Gasteiger partial charge in [0.05, 0.1) is 21.2 Å². The van der Waals surface area contributed by atoms with Crippen LogP contribution in [0.5, 0.6) is 0 Å². The maximum absolute atomic E-state index is 14.0. The van der Waals surface area contributed by atoms with Gasteiger partial charge in [-0.25, -0.2) is 23.2 Å². The molecule has 2 aromatic carbocycles. The average molecular weight is 793 g/mol. The Morgan fingerprint density at radius 3 is 2.48 bits per heavy atom. The zero-order valence-corrected chi connectivity index (χ0v) is 34.2. The molecule has 4 aliphatic carbocycles. The molecule has 2 atom stereocenters. The van der Waals surface area contributed by atoms with Crippen LogP contribution < -0.4 is 10.2 Å². The predicted octanol–water partition coefficient (Wildman–Crippen LogP) is 8.02. The minimum atomic E-state index is -3.20. The van der Waals surface area contributed by atoms with Crippen LogP contribution in [0, 0.1) is 24.2 Å². The summed E-state index contributed by atoms with van der Waals surface area (Å²) < 4.78 is 34.7. The standard InChI is InChI=1S/C43H48N6O5S2/c1-26-32(22-44-49(26)25-42-18-27-17-28(19-42)21-43(20-27,24-42)56(5,52)53)30-13-14-36(46-37(30)39(51)54-41(2,3)4)48-16-15-29-9-8-10-31(33(29)23-48)38(50)47-40-45-34-11-6-7-12-35(34)55-40/h6-14,22,27-28H,15-21,23-25H2,1-5H3,(H,45,47,50). The molecule has 4 heterocycles. The van der Waals surface area contributed by atoms with Gasteiger partial charge in [0.25, 0.3) is 5.91 Å². The highest BCUT2D eigenvalue weighted by molar-refractivity contribution is 7.92. The Balaban J connectivity index is 1.01. The van der Waals surface area contributed by atoms with Gasteiger partial charge in [-0.1, -0.05) is 35.6 Å². The molecule has 1 N–H and O–H groups in total. The third kappa shape index (κ3) is 6.60. The number of benzene rings is 2. The number of carbonyl (C=O) groups excluding carboxylic acids is 2. The van der Waals surface area contributed by atoms with Crippen molar-refractivity contribution in [3.8, 4) is 11.1 Å². The Kier molecular flexibility index (Phi) is 8.73. The van der Waals surface area contributed by atoms with Crippen LogP contribution in [0.3, 0.4) is 0 Å². The maximum Gasteiger partial charge on any atom is 0.358 e. The number of carbonyl (C=O) groups is 2. The average Bonchev–Trinajstić information content (AvgIpc) is 3.70. The van der Waals surface area contributed by atoms with Crippen LogP contribution in [0.2, 0.25) is 0 Å². The van der Waals surface area contributed by atoms with E-state index >= 15 is 0 Å². The number of anilines is 2. The SMILES string of the molecule is Cc1c(-c2ccc(N3CCc4cccc(C(=O)Nc5nc6ccccc6s5)c4C3)nc2C(=O)OC(C)(C)C)cnn1CC12CC3CC(C1)CC(S(C)(=O)=O)(C3)C2. The molecule has 0 saturated heterocycles. The number of sulfone groups is 1. The number of aromatic nitrogens is 4. The fourth-order valence-corrected chi connectivity index (χ4v) is 13.1. The Bertz CT molecular complexity index is 2470. The number of thiazole rings is 1. The number of pyridine rings is 1. The van der Waals surface area contributed by atoms with Crippen molar-refractivity contribution < 1.29 is 22.7 Å². The Morgan fingerprint density at radius 2 is 1.75 bits per heavy atom. The lowest BCUT2D eigenvalue weighted by atomic mass is 9.49. The largest absolute Gasteiger partial charge is 0.455 e. The molecule has 11 nitrogen and oxygen atoms in total. The molecule has 292 valence electrons. The first kappa shape index (κ1) is 37.0. The number of ether oxygens (including phenoxy) is 1. The monoisotopic (exact) mass is 792 g/mol. The Labute approximate surface area is 331 Å². The summed E-state index contributed by atoms with van der Waals surface area (Å²) in [5, 5.41) is 8.44. The molecular formula is C43H48N6O5S2. The van der Waals surface area contributed by atoms with E-state index < -0.39 is 26.2 Å². The Morgan fingerprint density at radius 1 is 0.982 bits per heavy atom. The van der Waals surface area contributed by atoms with E-state index in [1.807, 2.05) is 80.9 Å². The number of amides is 1. The molecule has 1 amide bonds. The van der Waals surface area contributed by atoms with Gasteiger partial charge in [-0.15, -0.1) is 0 Å². The minimum absolute atomic E-state index is 0.119. The lowest BCUT2D eigenvalue weighted by Gasteiger charge is -2.61. The first-order chi connectivity index (χ1) is 26.6. The number of rotatable bonds is 8. The number of esters is 1. The zero-order valence-electron chi connectivity index (χ0n) is 32.6. The molecule has 3 aromatic heterocycles. The minimum Gasteiger partial charge on any atom is -0.455 e. The molecule has 4 bridgehead atoms. The van der Waals surface area contributed by atoms with Crippen LogP contribution in [-0.2, 0) is 34.1 Å². The summed E-state index contributed by atoms with van der Waals surface area (Å²) in [7, 11) is -3.20. The summed E-state index contributed by atoms with van der Waals surface area (Å²) in [5.41, 5.74) is 5.14. The van der Waals surface area contributed by atoms with E-state index in [4.69, 9.17) is 14.8 Å². The fourth-order valence-electron chi connectivity index (χ4n) is 10.6. The van der Waals surface area contributed by atoms with Crippen molar-refractivity contribution in [2.45, 2.75) is 96.1 Å². The van der Waals surface area contributed by atoms with Crippen LogP contribution in [0.25, 0.3) is 21.3 Å². The molecule has 56 heavy (non-hydrogen) atoms. The number of hydrogen-bond donors (Lipinski definition) is 1. The van der Waals surface area contributed by atoms with Crippen molar-refractivity contribution in [2.24, 2.45) is 17.3 Å². The molecule has 5 aliphatic rings. The second-order valence-electron chi connectivity index (χ2n) is 17.8. The van der Waals surface area contributed by atoms with E-state index in [2.05, 4.69) is 21.3 Å². The number of nitrogens with zero attached hydrogens (tertiary/aromatic N) is 5. The molecule has 4 saturated carbocycles. The summed E-state index contributed by atoms with van der Waals surface area (Å²) in [6.45, 7) is 9.29. The normalized spacial score (nSPS) is 24.3. The smallest absolute Gasteiger partial charge is 0.358 e. The van der Waals surface area contributed by atoms with E-state index in [0.29, 0.717) is 66.4 Å². The summed E-state index contributed by atoms with van der Waals surface area (Å²) in [4.78, 5) is 39.4. The molecule has 1 aliphatic heterocycles. The molecular weight excluding hydrogens is 745 g/mol. The van der Waals surface area contributed by atoms with E-state index in [1.54, 1.807) is 6.20 Å². The van der Waals surface area contributed by atoms with Crippen molar-refractivity contribution in [1.82, 2.24) is 19.7 Å². The summed E-state index contributed by atoms with van der Waals surface area (Å²) in [6, 6.07) is 17.5. The van der Waals surface area contributed by atoms with Gasteiger partial charge in [-0.2, -0.15) is 5.10 Å². The van der Waals surface area contributed by atoms with Crippen molar-refractivity contribution in [3.05, 3.63) is 88.9 Å². The highest BCUT2D eigenvalue weighted by Gasteiger charge is 2.61. The van der Waals surface area contributed by atoms with E-state index in [1.165, 1.54) is 17.6 Å². The van der Waals surface area contributed by atoms with Crippen molar-refractivity contribution >= 4 is 54.2 Å². The molecule has 13 heteroatoms. The molecule has 0 radical (unpaired) electrons. The second-order valence-corrected chi connectivity index (χ2v) is 21.3. The van der Waals surface area contributed by atoms with Gasteiger partial charge in [-0.05, 0) is 131 Å². The number of hydrogen-bond acceptors (Lipinski definition) is 10. The maximum atomic E-state index is 14.0. The third-order valence-corrected chi connectivity index (χ3v) is 15.6. The topological polar surface area (TPSA) is 136 Å². The molecule has 5 aromatic rings. The van der Waals surface area contributed by atoms with Crippen molar-refractivity contribution in [1.29, 1.82) is 0 Å². The van der Waals surface area contributed by atoms with E-state index in [-0.39, 0.29) is 17.0 Å². The van der Waals surface area contributed by atoms with Gasteiger partial charge in [0.15, 0.2) is 20.7 Å². The van der Waals surface area contributed by atoms with Crippen LogP contribution in [0.15, 0.2) is 60.8 Å². The summed E-state index contributed by atoms with van der Waals surface area (Å²) in [6.07, 6.45) is 9.38. The second kappa shape index (κ2) is 13.2. The van der Waals surface area contributed by atoms with Crippen LogP contribution in [-0.4, -0.2) is 63.2 Å². The van der Waals surface area contributed by atoms with Gasteiger partial charge >= 0.3 is 5.97 Å². The first-order valence-electron chi connectivity index (χ1n) is 19.6. The number of nitrogens with one attached hydrogen (secondary N) is 1. The molecule has 2 unspecified atom stereocenters. The van der Waals surface area contributed by atoms with Gasteiger partial charge in [-0.3, -0.25) is 14.8 Å². The van der Waals surface area contributed by atoms with E-state index in [0.717, 1.165) is 64.7 Å². The number of fused-ring (bicyclic) bond motifs is 2. The number of para-hydroxylation sites is 1. The molecule has 4 fully saturated rings. The van der Waals surface area contributed by atoms with Crippen LogP contribution in [0.4, 0.5) is 10.9 Å². The lowest BCUT2D eigenvalue weighted by molar-refractivity contribution is -0.0521. The summed E-state index contributed by atoms with van der Waals surface area (Å²) in [5.74, 6) is 0.746. The molecule has 10 rings (SSSR count). The highest BCUT2D eigenvalue weighted by atomic mass is 32.2. The van der Waals surface area contributed by atoms with Gasteiger partial charge in [0.1, 0.15) is 11.4 Å². The lowest BCUT2D eigenvalue weighted by Crippen LogP contribution is -2.59. The quantitative estimate of drug-likeness (QED) is 0.155. The fraction of sp³-hybridized carbons (Fsp3) is 0.465. The van der Waals surface area contributed by atoms with Crippen LogP contribution in [0.1, 0.15) is 97.0 Å². The Hall–Kier alpha value is -4.62.